The molecule has 0 saturated heterocycles. The van der Waals surface area contributed by atoms with Crippen molar-refractivity contribution in [1.82, 2.24) is 9.47 Å². The molecular weight excluding hydrogens is 314 g/mol. The van der Waals surface area contributed by atoms with Crippen LogP contribution >= 0.6 is 12.4 Å². The molecule has 0 aliphatic carbocycles. The van der Waals surface area contributed by atoms with Crippen LogP contribution in [0.25, 0.3) is 0 Å². The highest BCUT2D eigenvalue weighted by Crippen LogP contribution is 2.02. The van der Waals surface area contributed by atoms with Gasteiger partial charge in [0.1, 0.15) is 6.54 Å². The maximum Gasteiger partial charge on any atom is 0.250 e. The van der Waals surface area contributed by atoms with Gasteiger partial charge in [-0.1, -0.05) is 36.4 Å². The highest BCUT2D eigenvalue weighted by atomic mass is 35.5. The zero-order valence-electron chi connectivity index (χ0n) is 12.9. The molecule has 0 spiro atoms. The minimum atomic E-state index is -0.174. The van der Waals surface area contributed by atoms with E-state index in [2.05, 4.69) is 0 Å². The number of rotatable bonds is 7. The Bertz CT molecular complexity index is 658. The third-order valence-corrected chi connectivity index (χ3v) is 3.47. The van der Waals surface area contributed by atoms with Gasteiger partial charge < -0.3 is 15.2 Å². The molecule has 6 heteroatoms. The van der Waals surface area contributed by atoms with E-state index in [1.54, 1.807) is 23.2 Å². The molecule has 0 bridgehead atoms. The maximum atomic E-state index is 12.4. The summed E-state index contributed by atoms with van der Waals surface area (Å²) in [5.74, 6) is -0.0883. The molecule has 1 amide bonds. The second-order valence-electron chi connectivity index (χ2n) is 5.07. The van der Waals surface area contributed by atoms with Crippen LogP contribution in [0.5, 0.6) is 0 Å². The average Bonchev–Trinajstić information content (AvgIpc) is 2.54. The molecule has 0 fully saturated rings. The molecule has 2 N–H and O–H groups in total. The molecule has 0 saturated carbocycles. The van der Waals surface area contributed by atoms with Crippen molar-refractivity contribution in [3.8, 4) is 0 Å². The molecular formula is C17H22ClN3O2. The van der Waals surface area contributed by atoms with Crippen LogP contribution in [0, 0.1) is 0 Å². The van der Waals surface area contributed by atoms with Crippen LogP contribution in [0.3, 0.4) is 0 Å². The third-order valence-electron chi connectivity index (χ3n) is 3.47. The van der Waals surface area contributed by atoms with Crippen molar-refractivity contribution in [3.05, 3.63) is 70.6 Å². The number of hydrogen-bond donors (Lipinski definition) is 1. The van der Waals surface area contributed by atoms with Crippen molar-refractivity contribution in [1.29, 1.82) is 0 Å². The van der Waals surface area contributed by atoms with E-state index in [4.69, 9.17) is 5.73 Å². The number of nitrogens with zero attached hydrogens (tertiary/aromatic N) is 2. The number of halogens is 1. The standard InChI is InChI=1S/C17H21N3O2.ClH/c18-10-13-19(12-9-15-6-2-1-3-7-15)17(22)14-20-11-5-4-8-16(20)21;/h1-8,11H,9-10,12-14,18H2;1H. The van der Waals surface area contributed by atoms with E-state index in [1.165, 1.54) is 16.2 Å². The molecule has 2 rings (SSSR count). The van der Waals surface area contributed by atoms with E-state index in [0.29, 0.717) is 19.6 Å². The fourth-order valence-corrected chi connectivity index (χ4v) is 2.26. The van der Waals surface area contributed by atoms with Crippen molar-refractivity contribution >= 4 is 18.3 Å². The van der Waals surface area contributed by atoms with Crippen LogP contribution in [-0.2, 0) is 17.8 Å². The smallest absolute Gasteiger partial charge is 0.250 e. The summed E-state index contributed by atoms with van der Waals surface area (Å²) in [6, 6.07) is 14.8. The predicted octanol–water partition coefficient (Wildman–Crippen LogP) is 1.30. The molecule has 2 aromatic rings. The van der Waals surface area contributed by atoms with Gasteiger partial charge in [0.05, 0.1) is 0 Å². The van der Waals surface area contributed by atoms with Gasteiger partial charge in [-0.15, -0.1) is 12.4 Å². The van der Waals surface area contributed by atoms with Crippen molar-refractivity contribution in [2.24, 2.45) is 5.73 Å². The van der Waals surface area contributed by atoms with Crippen LogP contribution in [0.4, 0.5) is 0 Å². The SMILES string of the molecule is Cl.NCCN(CCc1ccccc1)C(=O)Cn1ccccc1=O. The number of carbonyl (C=O) groups is 1. The van der Waals surface area contributed by atoms with Crippen molar-refractivity contribution < 1.29 is 4.79 Å². The van der Waals surface area contributed by atoms with Gasteiger partial charge in [0.15, 0.2) is 0 Å². The molecule has 124 valence electrons. The Morgan fingerprint density at radius 3 is 2.39 bits per heavy atom. The van der Waals surface area contributed by atoms with Gasteiger partial charge in [-0.05, 0) is 18.1 Å². The molecule has 1 aromatic heterocycles. The van der Waals surface area contributed by atoms with Gasteiger partial charge in [0.25, 0.3) is 5.56 Å². The normalized spacial score (nSPS) is 9.96. The molecule has 23 heavy (non-hydrogen) atoms. The molecule has 0 radical (unpaired) electrons. The summed E-state index contributed by atoms with van der Waals surface area (Å²) >= 11 is 0. The van der Waals surface area contributed by atoms with E-state index in [9.17, 15) is 9.59 Å². The van der Waals surface area contributed by atoms with E-state index < -0.39 is 0 Å². The Morgan fingerprint density at radius 1 is 1.04 bits per heavy atom. The first-order valence-electron chi connectivity index (χ1n) is 7.38. The number of pyridine rings is 1. The van der Waals surface area contributed by atoms with E-state index in [0.717, 1.165) is 6.42 Å². The first-order valence-corrected chi connectivity index (χ1v) is 7.38. The van der Waals surface area contributed by atoms with Crippen LogP contribution in [0.15, 0.2) is 59.5 Å². The highest BCUT2D eigenvalue weighted by Gasteiger charge is 2.13. The van der Waals surface area contributed by atoms with Crippen LogP contribution < -0.4 is 11.3 Å². The molecule has 0 unspecified atom stereocenters. The number of nitrogens with two attached hydrogens (primary N) is 1. The summed E-state index contributed by atoms with van der Waals surface area (Å²) in [6.07, 6.45) is 2.40. The monoisotopic (exact) mass is 335 g/mol. The van der Waals surface area contributed by atoms with Crippen molar-refractivity contribution in [2.45, 2.75) is 13.0 Å². The molecule has 5 nitrogen and oxygen atoms in total. The van der Waals surface area contributed by atoms with Gasteiger partial charge in [-0.2, -0.15) is 0 Å². The summed E-state index contributed by atoms with van der Waals surface area (Å²) < 4.78 is 1.41. The van der Waals surface area contributed by atoms with E-state index >= 15 is 0 Å². The topological polar surface area (TPSA) is 68.3 Å². The number of aromatic nitrogens is 1. The first kappa shape index (κ1) is 18.9. The van der Waals surface area contributed by atoms with Crippen LogP contribution in [0.1, 0.15) is 5.56 Å². The maximum absolute atomic E-state index is 12.4. The zero-order chi connectivity index (χ0) is 15.8. The molecule has 1 aromatic carbocycles. The lowest BCUT2D eigenvalue weighted by atomic mass is 10.1. The molecule has 0 aliphatic heterocycles. The Hall–Kier alpha value is -2.11. The molecule has 1 heterocycles. The van der Waals surface area contributed by atoms with Gasteiger partial charge in [0.2, 0.25) is 5.91 Å². The second-order valence-corrected chi connectivity index (χ2v) is 5.07. The Kier molecular flexibility index (Phi) is 8.08. The van der Waals surface area contributed by atoms with Gasteiger partial charge in [-0.3, -0.25) is 9.59 Å². The number of hydrogen-bond acceptors (Lipinski definition) is 3. The zero-order valence-corrected chi connectivity index (χ0v) is 13.7. The predicted molar refractivity (Wildman–Crippen MR) is 93.7 cm³/mol. The minimum Gasteiger partial charge on any atom is -0.340 e. The van der Waals surface area contributed by atoms with Crippen molar-refractivity contribution in [3.63, 3.8) is 0 Å². The van der Waals surface area contributed by atoms with Gasteiger partial charge >= 0.3 is 0 Å². The highest BCUT2D eigenvalue weighted by molar-refractivity contribution is 5.85. The number of carbonyl (C=O) groups excluding carboxylic acids is 1. The lowest BCUT2D eigenvalue weighted by molar-refractivity contribution is -0.131. The number of amides is 1. The lowest BCUT2D eigenvalue weighted by Crippen LogP contribution is -2.40. The third kappa shape index (κ3) is 5.88. The number of benzene rings is 1. The molecule has 0 aliphatic rings. The van der Waals surface area contributed by atoms with E-state index in [-0.39, 0.29) is 30.4 Å². The Balaban J connectivity index is 0.00000264. The fraction of sp³-hybridized carbons (Fsp3) is 0.294. The summed E-state index contributed by atoms with van der Waals surface area (Å²) in [4.78, 5) is 25.8. The lowest BCUT2D eigenvalue weighted by Gasteiger charge is -2.22. The Labute approximate surface area is 142 Å². The summed E-state index contributed by atoms with van der Waals surface area (Å²) in [6.45, 7) is 1.55. The summed E-state index contributed by atoms with van der Waals surface area (Å²) in [7, 11) is 0. The average molecular weight is 336 g/mol. The van der Waals surface area contributed by atoms with Gasteiger partial charge in [0, 0.05) is 31.9 Å². The van der Waals surface area contributed by atoms with Crippen LogP contribution in [-0.4, -0.2) is 35.0 Å². The molecule has 0 atom stereocenters. The van der Waals surface area contributed by atoms with Crippen molar-refractivity contribution in [2.75, 3.05) is 19.6 Å². The summed E-state index contributed by atoms with van der Waals surface area (Å²) in [5, 5.41) is 0. The first-order chi connectivity index (χ1) is 10.7. The second kappa shape index (κ2) is 9.82. The fourth-order valence-electron chi connectivity index (χ4n) is 2.26. The largest absolute Gasteiger partial charge is 0.340 e. The summed E-state index contributed by atoms with van der Waals surface area (Å²) in [5.41, 5.74) is 6.60. The van der Waals surface area contributed by atoms with Crippen LogP contribution in [0.2, 0.25) is 0 Å². The quantitative estimate of drug-likeness (QED) is 0.829. The van der Waals surface area contributed by atoms with E-state index in [1.807, 2.05) is 30.3 Å². The minimum absolute atomic E-state index is 0. The van der Waals surface area contributed by atoms with Gasteiger partial charge in [-0.25, -0.2) is 0 Å². The Morgan fingerprint density at radius 2 is 1.74 bits per heavy atom.